The molecular weight excluding hydrogens is 374 g/mol. The lowest BCUT2D eigenvalue weighted by Gasteiger charge is -2.08. The average Bonchev–Trinajstić information content (AvgIpc) is 3.19. The molecule has 0 aliphatic carbocycles. The summed E-state index contributed by atoms with van der Waals surface area (Å²) in [5, 5.41) is 17.7. The number of nitro benzene ring substituents is 1. The summed E-state index contributed by atoms with van der Waals surface area (Å²) >= 11 is 0. The molecule has 0 saturated heterocycles. The van der Waals surface area contributed by atoms with E-state index in [-0.39, 0.29) is 12.0 Å². The first kappa shape index (κ1) is 16.7. The van der Waals surface area contributed by atoms with Crippen molar-refractivity contribution in [3.63, 3.8) is 0 Å². The third-order valence-corrected chi connectivity index (χ3v) is 5.75. The topological polar surface area (TPSA) is 56.3 Å². The molecule has 144 valence electrons. The van der Waals surface area contributed by atoms with Crippen LogP contribution < -0.4 is 0 Å². The van der Waals surface area contributed by atoms with Gasteiger partial charge in [-0.05, 0) is 29.0 Å². The van der Waals surface area contributed by atoms with Gasteiger partial charge in [-0.15, -0.1) is 0 Å². The Bertz CT molecular complexity index is 1630. The number of nitro groups is 1. The zero-order valence-corrected chi connectivity index (χ0v) is 15.8. The molecule has 1 aromatic heterocycles. The number of para-hydroxylation sites is 1. The first-order valence-corrected chi connectivity index (χ1v) is 9.72. The average molecular weight is 391 g/mol. The number of nitrogens with zero attached hydrogens (tertiary/aromatic N) is 1. The van der Waals surface area contributed by atoms with Crippen molar-refractivity contribution in [1.82, 2.24) is 0 Å². The highest BCUT2D eigenvalue weighted by atomic mass is 16.6. The zero-order valence-electron chi connectivity index (χ0n) is 15.8. The van der Waals surface area contributed by atoms with Crippen LogP contribution in [0.15, 0.2) is 95.4 Å². The van der Waals surface area contributed by atoms with Gasteiger partial charge in [0, 0.05) is 34.6 Å². The molecule has 0 spiro atoms. The fourth-order valence-electron chi connectivity index (χ4n) is 4.41. The molecule has 0 fully saturated rings. The lowest BCUT2D eigenvalue weighted by atomic mass is 9.94. The second-order valence-corrected chi connectivity index (χ2v) is 7.39. The molecular formula is C26H17NO3. The lowest BCUT2D eigenvalue weighted by Crippen LogP contribution is -1.92. The van der Waals surface area contributed by atoms with Crippen LogP contribution in [0.25, 0.3) is 54.6 Å². The van der Waals surface area contributed by atoms with E-state index in [4.69, 9.17) is 4.42 Å². The van der Waals surface area contributed by atoms with Crippen LogP contribution in [-0.4, -0.2) is 4.92 Å². The molecule has 0 amide bonds. The fraction of sp³-hybridized carbons (Fsp3) is 0. The van der Waals surface area contributed by atoms with E-state index >= 15 is 0 Å². The molecule has 5 aromatic carbocycles. The van der Waals surface area contributed by atoms with Crippen LogP contribution in [-0.2, 0) is 0 Å². The Morgan fingerprint density at radius 2 is 1.33 bits per heavy atom. The second kappa shape index (κ2) is 6.16. The summed E-state index contributed by atoms with van der Waals surface area (Å²) in [6, 6.07) is 29.1. The molecule has 30 heavy (non-hydrogen) atoms. The minimum absolute atomic E-state index is 0. The molecule has 6 aromatic rings. The normalized spacial score (nSPS) is 11.6. The summed E-state index contributed by atoms with van der Waals surface area (Å²) in [6.07, 6.45) is 0. The number of hydrogen-bond acceptors (Lipinski definition) is 3. The molecule has 6 rings (SSSR count). The van der Waals surface area contributed by atoms with Gasteiger partial charge in [0.25, 0.3) is 5.69 Å². The van der Waals surface area contributed by atoms with Crippen LogP contribution in [0.2, 0.25) is 0 Å². The maximum absolute atomic E-state index is 11.8. The molecule has 0 bridgehead atoms. The number of hydrogen-bond donors (Lipinski definition) is 0. The van der Waals surface area contributed by atoms with E-state index in [1.165, 1.54) is 0 Å². The summed E-state index contributed by atoms with van der Waals surface area (Å²) in [7, 11) is 0. The highest BCUT2D eigenvalue weighted by Gasteiger charge is 2.22. The van der Waals surface area contributed by atoms with Gasteiger partial charge in [-0.1, -0.05) is 66.7 Å². The van der Waals surface area contributed by atoms with E-state index in [9.17, 15) is 10.1 Å². The number of rotatable bonds is 2. The molecule has 0 radical (unpaired) electrons. The third-order valence-electron chi connectivity index (χ3n) is 5.75. The van der Waals surface area contributed by atoms with Crippen molar-refractivity contribution in [2.45, 2.75) is 0 Å². The third kappa shape index (κ3) is 2.28. The van der Waals surface area contributed by atoms with E-state index in [1.54, 1.807) is 12.1 Å². The van der Waals surface area contributed by atoms with Gasteiger partial charge < -0.3 is 4.42 Å². The second-order valence-electron chi connectivity index (χ2n) is 7.39. The molecule has 4 nitrogen and oxygen atoms in total. The summed E-state index contributed by atoms with van der Waals surface area (Å²) in [4.78, 5) is 11.4. The first-order valence-electron chi connectivity index (χ1n) is 9.72. The molecule has 0 N–H and O–H groups in total. The van der Waals surface area contributed by atoms with E-state index < -0.39 is 0 Å². The number of benzene rings is 5. The van der Waals surface area contributed by atoms with E-state index in [0.717, 1.165) is 49.0 Å². The Balaban J connectivity index is 0.00000204. The first-order chi connectivity index (χ1) is 14.7. The van der Waals surface area contributed by atoms with Crippen molar-refractivity contribution >= 4 is 49.2 Å². The minimum atomic E-state index is -0.325. The molecule has 0 unspecified atom stereocenters. The van der Waals surface area contributed by atoms with Crippen molar-refractivity contribution in [2.24, 2.45) is 0 Å². The standard InChI is InChI=1S/C26H15NO3.H2/c28-27(29)23-12-6-5-11-20(23)22-15-17-8-2-4-10-19(17)26-24(22)21-14-13-16-7-1-3-9-18(16)25(21)30-26;/h1-15H;1H. The lowest BCUT2D eigenvalue weighted by molar-refractivity contribution is -0.384. The largest absolute Gasteiger partial charge is 0.455 e. The van der Waals surface area contributed by atoms with Crippen molar-refractivity contribution < 1.29 is 10.8 Å². The monoisotopic (exact) mass is 391 g/mol. The van der Waals surface area contributed by atoms with Crippen LogP contribution in [0.5, 0.6) is 0 Å². The predicted molar refractivity (Wildman–Crippen MR) is 123 cm³/mol. The maximum Gasteiger partial charge on any atom is 0.277 e. The zero-order chi connectivity index (χ0) is 20.2. The van der Waals surface area contributed by atoms with Gasteiger partial charge in [0.1, 0.15) is 11.2 Å². The molecule has 4 heteroatoms. The van der Waals surface area contributed by atoms with Crippen molar-refractivity contribution in [2.75, 3.05) is 0 Å². The van der Waals surface area contributed by atoms with E-state index in [2.05, 4.69) is 18.2 Å². The molecule has 1 heterocycles. The van der Waals surface area contributed by atoms with Gasteiger partial charge >= 0.3 is 0 Å². The Morgan fingerprint density at radius 3 is 2.13 bits per heavy atom. The SMILES string of the molecule is O=[N+]([O-])c1ccccc1-c1cc2ccccc2c2oc3c4ccccc4ccc3c12.[HH]. The number of fused-ring (bicyclic) bond motifs is 7. The summed E-state index contributed by atoms with van der Waals surface area (Å²) in [5.41, 5.74) is 3.05. The Kier molecular flexibility index (Phi) is 3.44. The van der Waals surface area contributed by atoms with Crippen LogP contribution in [0.1, 0.15) is 1.43 Å². The fourth-order valence-corrected chi connectivity index (χ4v) is 4.41. The van der Waals surface area contributed by atoms with E-state index in [1.807, 2.05) is 60.7 Å². The van der Waals surface area contributed by atoms with E-state index in [0.29, 0.717) is 5.56 Å². The highest BCUT2D eigenvalue weighted by Crippen LogP contribution is 2.44. The van der Waals surface area contributed by atoms with Gasteiger partial charge in [0.15, 0.2) is 0 Å². The van der Waals surface area contributed by atoms with Crippen molar-refractivity contribution in [1.29, 1.82) is 0 Å². The molecule has 0 aliphatic heterocycles. The quantitative estimate of drug-likeness (QED) is 0.224. The van der Waals surface area contributed by atoms with Crippen LogP contribution in [0, 0.1) is 10.1 Å². The van der Waals surface area contributed by atoms with Crippen molar-refractivity contribution in [3.05, 3.63) is 101 Å². The van der Waals surface area contributed by atoms with Crippen LogP contribution in [0.3, 0.4) is 0 Å². The Labute approximate surface area is 172 Å². The van der Waals surface area contributed by atoms with Gasteiger partial charge in [-0.3, -0.25) is 10.1 Å². The maximum atomic E-state index is 11.8. The highest BCUT2D eigenvalue weighted by molar-refractivity contribution is 6.25. The van der Waals surface area contributed by atoms with Gasteiger partial charge in [0.2, 0.25) is 0 Å². The van der Waals surface area contributed by atoms with Gasteiger partial charge in [-0.25, -0.2) is 0 Å². The summed E-state index contributed by atoms with van der Waals surface area (Å²) < 4.78 is 6.47. The predicted octanol–water partition coefficient (Wildman–Crippen LogP) is 7.71. The van der Waals surface area contributed by atoms with Crippen LogP contribution >= 0.6 is 0 Å². The molecule has 0 saturated carbocycles. The minimum Gasteiger partial charge on any atom is -0.455 e. The number of furan rings is 1. The smallest absolute Gasteiger partial charge is 0.277 e. The Hall–Kier alpha value is -4.18. The van der Waals surface area contributed by atoms with Crippen LogP contribution in [0.4, 0.5) is 5.69 Å². The molecule has 0 aliphatic rings. The van der Waals surface area contributed by atoms with Gasteiger partial charge in [0.05, 0.1) is 10.5 Å². The summed E-state index contributed by atoms with van der Waals surface area (Å²) in [6.45, 7) is 0. The summed E-state index contributed by atoms with van der Waals surface area (Å²) in [5.74, 6) is 0. The van der Waals surface area contributed by atoms with Crippen molar-refractivity contribution in [3.8, 4) is 11.1 Å². The van der Waals surface area contributed by atoms with Gasteiger partial charge in [-0.2, -0.15) is 0 Å². The molecule has 0 atom stereocenters. The Morgan fingerprint density at radius 1 is 0.667 bits per heavy atom.